The summed E-state index contributed by atoms with van der Waals surface area (Å²) in [6.45, 7) is 9.10. The van der Waals surface area contributed by atoms with Gasteiger partial charge >= 0.3 is 0 Å². The van der Waals surface area contributed by atoms with Crippen LogP contribution in [-0.2, 0) is 26.2 Å². The fraction of sp³-hybridized carbons (Fsp3) is 0.462. The van der Waals surface area contributed by atoms with Crippen molar-refractivity contribution in [2.75, 3.05) is 24.2 Å². The Kier molecular flexibility index (Phi) is 9.71. The van der Waals surface area contributed by atoms with E-state index in [0.29, 0.717) is 11.4 Å². The number of nitrogens with zero attached hydrogens (tertiary/aromatic N) is 2. The van der Waals surface area contributed by atoms with E-state index in [-0.39, 0.29) is 24.4 Å². The maximum Gasteiger partial charge on any atom is 0.244 e. The lowest BCUT2D eigenvalue weighted by Crippen LogP contribution is -2.52. The molecule has 2 aromatic carbocycles. The van der Waals surface area contributed by atoms with E-state index in [1.807, 2.05) is 45.9 Å². The second-order valence-corrected chi connectivity index (χ2v) is 11.1. The quantitative estimate of drug-likeness (QED) is 0.506. The molecule has 0 saturated carbocycles. The van der Waals surface area contributed by atoms with Gasteiger partial charge in [-0.1, -0.05) is 38.1 Å². The van der Waals surface area contributed by atoms with Crippen molar-refractivity contribution in [2.45, 2.75) is 59.2 Å². The average Bonchev–Trinajstić information content (AvgIpc) is 2.79. The molecule has 0 saturated heterocycles. The summed E-state index contributed by atoms with van der Waals surface area (Å²) in [5, 5.41) is 2.83. The van der Waals surface area contributed by atoms with E-state index in [1.165, 1.54) is 4.90 Å². The van der Waals surface area contributed by atoms with Crippen molar-refractivity contribution < 1.29 is 22.7 Å². The van der Waals surface area contributed by atoms with Crippen LogP contribution in [0.25, 0.3) is 0 Å². The highest BCUT2D eigenvalue weighted by Gasteiger charge is 2.30. The first-order valence-corrected chi connectivity index (χ1v) is 13.5. The molecule has 35 heavy (non-hydrogen) atoms. The normalized spacial score (nSPS) is 12.4. The van der Waals surface area contributed by atoms with Gasteiger partial charge in [-0.2, -0.15) is 0 Å². The summed E-state index contributed by atoms with van der Waals surface area (Å²) >= 11 is 0. The Balaban J connectivity index is 2.40. The van der Waals surface area contributed by atoms with Crippen molar-refractivity contribution >= 4 is 27.5 Å². The van der Waals surface area contributed by atoms with Crippen LogP contribution in [0.2, 0.25) is 0 Å². The Morgan fingerprint density at radius 3 is 2.14 bits per heavy atom. The maximum atomic E-state index is 13.5. The molecule has 9 heteroatoms. The number of rotatable bonds is 11. The molecule has 1 N–H and O–H groups in total. The third kappa shape index (κ3) is 7.99. The van der Waals surface area contributed by atoms with Crippen molar-refractivity contribution in [3.63, 3.8) is 0 Å². The summed E-state index contributed by atoms with van der Waals surface area (Å²) in [6.07, 6.45) is 1.07. The van der Waals surface area contributed by atoms with Gasteiger partial charge in [0, 0.05) is 12.6 Å². The predicted octanol–water partition coefficient (Wildman–Crippen LogP) is 3.53. The van der Waals surface area contributed by atoms with Gasteiger partial charge in [0.2, 0.25) is 21.8 Å². The number of anilines is 1. The summed E-state index contributed by atoms with van der Waals surface area (Å²) in [5.41, 5.74) is 2.21. The van der Waals surface area contributed by atoms with Crippen LogP contribution in [0.3, 0.4) is 0 Å². The van der Waals surface area contributed by atoms with Crippen molar-refractivity contribution in [1.82, 2.24) is 10.2 Å². The molecule has 0 heterocycles. The lowest BCUT2D eigenvalue weighted by atomic mass is 10.0. The van der Waals surface area contributed by atoms with E-state index in [0.717, 1.165) is 21.7 Å². The fourth-order valence-electron chi connectivity index (χ4n) is 3.59. The minimum Gasteiger partial charge on any atom is -0.497 e. The van der Waals surface area contributed by atoms with Crippen molar-refractivity contribution in [3.05, 3.63) is 59.7 Å². The van der Waals surface area contributed by atoms with Crippen LogP contribution in [0.5, 0.6) is 5.75 Å². The number of sulfonamides is 1. The van der Waals surface area contributed by atoms with E-state index < -0.39 is 28.5 Å². The molecule has 0 spiro atoms. The first kappa shape index (κ1) is 28.2. The predicted molar refractivity (Wildman–Crippen MR) is 139 cm³/mol. The Morgan fingerprint density at radius 1 is 1.00 bits per heavy atom. The summed E-state index contributed by atoms with van der Waals surface area (Å²) < 4.78 is 31.7. The number of hydrogen-bond donors (Lipinski definition) is 1. The van der Waals surface area contributed by atoms with Crippen LogP contribution in [0.15, 0.2) is 48.5 Å². The molecule has 0 aliphatic heterocycles. The van der Waals surface area contributed by atoms with Gasteiger partial charge < -0.3 is 15.0 Å². The molecule has 2 aromatic rings. The zero-order chi connectivity index (χ0) is 26.3. The van der Waals surface area contributed by atoms with Gasteiger partial charge in [-0.25, -0.2) is 8.42 Å². The molecular weight excluding hydrogens is 466 g/mol. The minimum absolute atomic E-state index is 0.106. The SMILES string of the molecule is COc1cccc(CN(C(=O)CN(c2ccc(C(C)C)cc2)S(C)(=O)=O)[C@H](C)C(=O)NC(C)C)c1. The van der Waals surface area contributed by atoms with Gasteiger partial charge in [0.15, 0.2) is 0 Å². The van der Waals surface area contributed by atoms with Crippen LogP contribution < -0.4 is 14.4 Å². The van der Waals surface area contributed by atoms with E-state index in [1.54, 1.807) is 44.4 Å². The van der Waals surface area contributed by atoms with Gasteiger partial charge in [-0.05, 0) is 62.1 Å². The number of carbonyl (C=O) groups excluding carboxylic acids is 2. The highest BCUT2D eigenvalue weighted by Crippen LogP contribution is 2.23. The molecule has 0 bridgehead atoms. The first-order chi connectivity index (χ1) is 16.3. The lowest BCUT2D eigenvalue weighted by Gasteiger charge is -2.32. The second-order valence-electron chi connectivity index (χ2n) is 9.23. The molecule has 0 radical (unpaired) electrons. The molecular formula is C26H37N3O5S. The molecule has 0 unspecified atom stereocenters. The Hall–Kier alpha value is -3.07. The Bertz CT molecular complexity index is 1110. The topological polar surface area (TPSA) is 96.0 Å². The largest absolute Gasteiger partial charge is 0.497 e. The third-order valence-electron chi connectivity index (χ3n) is 5.61. The molecule has 0 aliphatic rings. The first-order valence-electron chi connectivity index (χ1n) is 11.6. The minimum atomic E-state index is -3.76. The number of hydrogen-bond acceptors (Lipinski definition) is 5. The van der Waals surface area contributed by atoms with E-state index in [9.17, 15) is 18.0 Å². The fourth-order valence-corrected chi connectivity index (χ4v) is 4.44. The summed E-state index contributed by atoms with van der Waals surface area (Å²) in [7, 11) is -2.21. The third-order valence-corrected chi connectivity index (χ3v) is 6.75. The van der Waals surface area contributed by atoms with Gasteiger partial charge in [-0.15, -0.1) is 0 Å². The smallest absolute Gasteiger partial charge is 0.244 e. The number of benzene rings is 2. The molecule has 8 nitrogen and oxygen atoms in total. The number of carbonyl (C=O) groups is 2. The number of methoxy groups -OCH3 is 1. The average molecular weight is 504 g/mol. The van der Waals surface area contributed by atoms with Crippen LogP contribution in [-0.4, -0.2) is 57.1 Å². The lowest BCUT2D eigenvalue weighted by molar-refractivity contribution is -0.139. The van der Waals surface area contributed by atoms with Crippen LogP contribution in [0.1, 0.15) is 51.7 Å². The van der Waals surface area contributed by atoms with Crippen molar-refractivity contribution in [1.29, 1.82) is 0 Å². The molecule has 192 valence electrons. The molecule has 2 amide bonds. The van der Waals surface area contributed by atoms with Gasteiger partial charge in [0.1, 0.15) is 18.3 Å². The van der Waals surface area contributed by atoms with E-state index in [4.69, 9.17) is 4.74 Å². The molecule has 0 aliphatic carbocycles. The molecule has 2 rings (SSSR count). The standard InChI is InChI=1S/C26H37N3O5S/c1-18(2)22-11-13-23(14-12-22)29(35(7,32)33)17-25(30)28(20(5)26(31)27-19(3)4)16-21-9-8-10-24(15-21)34-6/h8-15,18-20H,16-17H2,1-7H3,(H,27,31)/t20-/m1/s1. The van der Waals surface area contributed by atoms with Gasteiger partial charge in [0.25, 0.3) is 0 Å². The maximum absolute atomic E-state index is 13.5. The van der Waals surface area contributed by atoms with Crippen LogP contribution >= 0.6 is 0 Å². The Morgan fingerprint density at radius 2 is 1.63 bits per heavy atom. The second kappa shape index (κ2) is 12.1. The van der Waals surface area contributed by atoms with Crippen LogP contribution in [0.4, 0.5) is 5.69 Å². The number of ether oxygens (including phenoxy) is 1. The van der Waals surface area contributed by atoms with Crippen molar-refractivity contribution in [2.24, 2.45) is 0 Å². The summed E-state index contributed by atoms with van der Waals surface area (Å²) in [4.78, 5) is 27.7. The zero-order valence-corrected chi connectivity index (χ0v) is 22.4. The monoisotopic (exact) mass is 503 g/mol. The van der Waals surface area contributed by atoms with Gasteiger partial charge in [-0.3, -0.25) is 13.9 Å². The zero-order valence-electron chi connectivity index (χ0n) is 21.6. The van der Waals surface area contributed by atoms with E-state index in [2.05, 4.69) is 5.32 Å². The van der Waals surface area contributed by atoms with Crippen molar-refractivity contribution in [3.8, 4) is 5.75 Å². The molecule has 0 aromatic heterocycles. The number of amides is 2. The highest BCUT2D eigenvalue weighted by atomic mass is 32.2. The molecule has 1 atom stereocenters. The van der Waals surface area contributed by atoms with E-state index >= 15 is 0 Å². The molecule has 0 fully saturated rings. The summed E-state index contributed by atoms with van der Waals surface area (Å²) in [5.74, 6) is 0.106. The van der Waals surface area contributed by atoms with Crippen LogP contribution in [0, 0.1) is 0 Å². The highest BCUT2D eigenvalue weighted by molar-refractivity contribution is 7.92. The van der Waals surface area contributed by atoms with Gasteiger partial charge in [0.05, 0.1) is 19.1 Å². The number of nitrogens with one attached hydrogen (secondary N) is 1. The Labute approximate surface area is 209 Å². The summed E-state index contributed by atoms with van der Waals surface area (Å²) in [6, 6.07) is 13.4.